The molecule has 1 atom stereocenters. The Kier molecular flexibility index (Phi) is 5.16. The molecular weight excluding hydrogens is 390 g/mol. The van der Waals surface area contributed by atoms with Crippen LogP contribution >= 0.6 is 0 Å². The van der Waals surface area contributed by atoms with Gasteiger partial charge in [-0.1, -0.05) is 6.07 Å². The van der Waals surface area contributed by atoms with E-state index in [0.29, 0.717) is 24.8 Å². The van der Waals surface area contributed by atoms with Gasteiger partial charge in [0.05, 0.1) is 12.3 Å². The third-order valence-electron chi connectivity index (χ3n) is 6.44. The van der Waals surface area contributed by atoms with E-state index in [-0.39, 0.29) is 18.3 Å². The summed E-state index contributed by atoms with van der Waals surface area (Å²) in [5.74, 6) is 2.34. The van der Waals surface area contributed by atoms with Crippen molar-refractivity contribution in [1.29, 1.82) is 0 Å². The average molecular weight is 420 g/mol. The van der Waals surface area contributed by atoms with Gasteiger partial charge in [-0.15, -0.1) is 0 Å². The van der Waals surface area contributed by atoms with Gasteiger partial charge in [0, 0.05) is 30.8 Å². The summed E-state index contributed by atoms with van der Waals surface area (Å²) in [6.07, 6.45) is 4.90. The SMILES string of the molecule is CCOc1ccc2c(c1)CC[C@@H]2CC(=O)COc1cc(C)c2c(C3CC3)nn(C)c2n1. The number of hydrogen-bond acceptors (Lipinski definition) is 5. The molecule has 6 nitrogen and oxygen atoms in total. The summed E-state index contributed by atoms with van der Waals surface area (Å²) < 4.78 is 13.3. The lowest BCUT2D eigenvalue weighted by molar-refractivity contribution is -0.121. The number of aryl methyl sites for hydroxylation is 3. The molecule has 0 N–H and O–H groups in total. The number of hydrogen-bond donors (Lipinski definition) is 0. The van der Waals surface area contributed by atoms with Gasteiger partial charge in [0.25, 0.3) is 0 Å². The van der Waals surface area contributed by atoms with E-state index in [1.54, 1.807) is 0 Å². The van der Waals surface area contributed by atoms with Crippen molar-refractivity contribution in [2.45, 2.75) is 57.8 Å². The van der Waals surface area contributed by atoms with Crippen molar-refractivity contribution in [3.8, 4) is 11.6 Å². The topological polar surface area (TPSA) is 66.2 Å². The summed E-state index contributed by atoms with van der Waals surface area (Å²) in [7, 11) is 1.92. The van der Waals surface area contributed by atoms with Gasteiger partial charge in [-0.25, -0.2) is 0 Å². The molecule has 2 aromatic heterocycles. The summed E-state index contributed by atoms with van der Waals surface area (Å²) in [5.41, 5.74) is 5.67. The standard InChI is InChI=1S/C25H29N3O3/c1-4-30-20-9-10-21-17(7-8-18(21)13-20)12-19(29)14-31-22-11-15(2)23-24(16-5-6-16)27-28(3)25(23)26-22/h9-11,13,16-17H,4-8,12,14H2,1-3H3/t17-/m1/s1. The van der Waals surface area contributed by atoms with Crippen molar-refractivity contribution < 1.29 is 14.3 Å². The van der Waals surface area contributed by atoms with Crippen LogP contribution < -0.4 is 9.47 Å². The maximum Gasteiger partial charge on any atom is 0.215 e. The van der Waals surface area contributed by atoms with Gasteiger partial charge in [-0.05, 0) is 74.3 Å². The van der Waals surface area contributed by atoms with Crippen LogP contribution in [0.3, 0.4) is 0 Å². The minimum absolute atomic E-state index is 0.0497. The first-order valence-corrected chi connectivity index (χ1v) is 11.3. The van der Waals surface area contributed by atoms with Crippen LogP contribution in [0.5, 0.6) is 11.6 Å². The molecule has 31 heavy (non-hydrogen) atoms. The zero-order chi connectivity index (χ0) is 21.5. The molecule has 1 fully saturated rings. The quantitative estimate of drug-likeness (QED) is 0.533. The van der Waals surface area contributed by atoms with E-state index >= 15 is 0 Å². The molecule has 0 saturated heterocycles. The van der Waals surface area contributed by atoms with Crippen LogP contribution in [0.15, 0.2) is 24.3 Å². The molecule has 6 heteroatoms. The van der Waals surface area contributed by atoms with E-state index < -0.39 is 0 Å². The van der Waals surface area contributed by atoms with Gasteiger partial charge in [0.15, 0.2) is 11.4 Å². The van der Waals surface area contributed by atoms with Crippen molar-refractivity contribution in [3.05, 3.63) is 46.6 Å². The van der Waals surface area contributed by atoms with Crippen LogP contribution in [0.25, 0.3) is 11.0 Å². The number of rotatable bonds is 8. The van der Waals surface area contributed by atoms with Gasteiger partial charge < -0.3 is 9.47 Å². The highest BCUT2D eigenvalue weighted by Gasteiger charge is 2.30. The van der Waals surface area contributed by atoms with Gasteiger partial charge in [0.2, 0.25) is 5.88 Å². The molecule has 0 amide bonds. The Bertz CT molecular complexity index is 1150. The summed E-state index contributed by atoms with van der Waals surface area (Å²) in [5, 5.41) is 5.82. The normalized spacial score (nSPS) is 17.7. The summed E-state index contributed by atoms with van der Waals surface area (Å²) >= 11 is 0. The van der Waals surface area contributed by atoms with Gasteiger partial charge in [-0.2, -0.15) is 10.1 Å². The van der Waals surface area contributed by atoms with E-state index in [2.05, 4.69) is 29.1 Å². The third kappa shape index (κ3) is 3.91. The van der Waals surface area contributed by atoms with Gasteiger partial charge in [-0.3, -0.25) is 9.48 Å². The lowest BCUT2D eigenvalue weighted by atomic mass is 9.96. The number of aromatic nitrogens is 3. The molecule has 2 aliphatic rings. The van der Waals surface area contributed by atoms with Crippen molar-refractivity contribution in [2.75, 3.05) is 13.2 Å². The monoisotopic (exact) mass is 419 g/mol. The van der Waals surface area contributed by atoms with Gasteiger partial charge >= 0.3 is 0 Å². The summed E-state index contributed by atoms with van der Waals surface area (Å²) in [6.45, 7) is 4.77. The second kappa shape index (κ2) is 7.98. The van der Waals surface area contributed by atoms with Crippen LogP contribution in [-0.2, 0) is 18.3 Å². The first kappa shape index (κ1) is 20.0. The second-order valence-corrected chi connectivity index (χ2v) is 8.82. The van der Waals surface area contributed by atoms with Gasteiger partial charge in [0.1, 0.15) is 12.4 Å². The molecular formula is C25H29N3O3. The van der Waals surface area contributed by atoms with Crippen LogP contribution in [0, 0.1) is 6.92 Å². The van der Waals surface area contributed by atoms with E-state index in [9.17, 15) is 4.79 Å². The number of Topliss-reactive ketones (excluding diaryl/α,β-unsaturated/α-hetero) is 1. The van der Waals surface area contributed by atoms with E-state index in [1.807, 2.05) is 30.8 Å². The minimum Gasteiger partial charge on any atom is -0.494 e. The van der Waals surface area contributed by atoms with Crippen molar-refractivity contribution in [2.24, 2.45) is 7.05 Å². The number of benzene rings is 1. The molecule has 1 aromatic carbocycles. The van der Waals surface area contributed by atoms with Crippen molar-refractivity contribution in [1.82, 2.24) is 14.8 Å². The Morgan fingerprint density at radius 1 is 1.19 bits per heavy atom. The smallest absolute Gasteiger partial charge is 0.215 e. The van der Waals surface area contributed by atoms with Crippen molar-refractivity contribution >= 4 is 16.8 Å². The summed E-state index contributed by atoms with van der Waals surface area (Å²) in [4.78, 5) is 17.3. The zero-order valence-corrected chi connectivity index (χ0v) is 18.5. The lowest BCUT2D eigenvalue weighted by Crippen LogP contribution is -2.15. The second-order valence-electron chi connectivity index (χ2n) is 8.82. The zero-order valence-electron chi connectivity index (χ0n) is 18.5. The molecule has 0 spiro atoms. The number of fused-ring (bicyclic) bond motifs is 2. The molecule has 0 radical (unpaired) electrons. The van der Waals surface area contributed by atoms with Crippen molar-refractivity contribution in [3.63, 3.8) is 0 Å². The Labute approximate surface area is 182 Å². The average Bonchev–Trinajstić information content (AvgIpc) is 3.44. The molecule has 0 aliphatic heterocycles. The number of ether oxygens (including phenoxy) is 2. The van der Waals surface area contributed by atoms with Crippen LogP contribution in [-0.4, -0.2) is 33.8 Å². The van der Waals surface area contributed by atoms with E-state index in [4.69, 9.17) is 9.47 Å². The van der Waals surface area contributed by atoms with Crippen LogP contribution in [0.4, 0.5) is 0 Å². The molecule has 0 unspecified atom stereocenters. The fourth-order valence-corrected chi connectivity index (χ4v) is 4.79. The third-order valence-corrected chi connectivity index (χ3v) is 6.44. The Hall–Kier alpha value is -2.89. The lowest BCUT2D eigenvalue weighted by Gasteiger charge is -2.12. The molecule has 3 aromatic rings. The Balaban J connectivity index is 1.24. The number of nitrogens with zero attached hydrogens (tertiary/aromatic N) is 3. The molecule has 2 aliphatic carbocycles. The molecule has 1 saturated carbocycles. The first-order valence-electron chi connectivity index (χ1n) is 11.3. The highest BCUT2D eigenvalue weighted by molar-refractivity contribution is 5.84. The van der Waals surface area contributed by atoms with E-state index in [1.165, 1.54) is 24.0 Å². The molecule has 162 valence electrons. The molecule has 5 rings (SSSR count). The molecule has 0 bridgehead atoms. The van der Waals surface area contributed by atoms with E-state index in [0.717, 1.165) is 40.9 Å². The minimum atomic E-state index is 0.0497. The highest BCUT2D eigenvalue weighted by atomic mass is 16.5. The summed E-state index contributed by atoms with van der Waals surface area (Å²) in [6, 6.07) is 8.17. The van der Waals surface area contributed by atoms with Crippen LogP contribution in [0.1, 0.15) is 66.8 Å². The van der Waals surface area contributed by atoms with Crippen LogP contribution in [0.2, 0.25) is 0 Å². The maximum absolute atomic E-state index is 12.7. The fraction of sp³-hybridized carbons (Fsp3) is 0.480. The number of ketones is 1. The first-order chi connectivity index (χ1) is 15.0. The fourth-order valence-electron chi connectivity index (χ4n) is 4.79. The Morgan fingerprint density at radius 2 is 2.03 bits per heavy atom. The number of pyridine rings is 1. The Morgan fingerprint density at radius 3 is 2.81 bits per heavy atom. The largest absolute Gasteiger partial charge is 0.494 e. The number of carbonyl (C=O) groups excluding carboxylic acids is 1. The predicted octanol–water partition coefficient (Wildman–Crippen LogP) is 4.62. The predicted molar refractivity (Wildman–Crippen MR) is 119 cm³/mol. The number of carbonyl (C=O) groups is 1. The highest BCUT2D eigenvalue weighted by Crippen LogP contribution is 2.43. The maximum atomic E-state index is 12.7. The molecule has 2 heterocycles.